The van der Waals surface area contributed by atoms with Crippen LogP contribution < -0.4 is 0 Å². The van der Waals surface area contributed by atoms with E-state index >= 15 is 0 Å². The van der Waals surface area contributed by atoms with Crippen LogP contribution in [0.5, 0.6) is 0 Å². The highest BCUT2D eigenvalue weighted by Crippen LogP contribution is 2.31. The number of likely N-dealkylation sites (N-methyl/N-ethyl adjacent to an activating group) is 1. The minimum absolute atomic E-state index is 0.0571. The number of hydrogen-bond acceptors (Lipinski definition) is 8. The standard InChI is InChI=1S/C23H45NO8Si3/c1-9-24(20(26)12-13-21(27)29-2)22(28)30-19-16-17(10-11-18(19)25)14-15-33-23(31-34(3,4)5)32-35(6,7)8/h12-13,17-19,23,25H,9-11,14-16,33H2,1-8H3. The molecule has 2 amide bonds. The first kappa shape index (κ1) is 31.7. The van der Waals surface area contributed by atoms with Crippen LogP contribution in [0.25, 0.3) is 0 Å². The summed E-state index contributed by atoms with van der Waals surface area (Å²) in [5, 5.41) is 10.4. The highest BCUT2D eigenvalue weighted by Gasteiger charge is 2.34. The van der Waals surface area contributed by atoms with E-state index in [4.69, 9.17) is 13.6 Å². The molecule has 0 radical (unpaired) electrons. The van der Waals surface area contributed by atoms with Gasteiger partial charge in [0.25, 0.3) is 5.91 Å². The van der Waals surface area contributed by atoms with Gasteiger partial charge in [-0.1, -0.05) is 12.5 Å². The molecule has 1 N–H and O–H groups in total. The molecule has 0 bridgehead atoms. The second kappa shape index (κ2) is 14.4. The highest BCUT2D eigenvalue weighted by atomic mass is 28.4. The van der Waals surface area contributed by atoms with Crippen molar-refractivity contribution in [1.29, 1.82) is 0 Å². The Morgan fingerprint density at radius 3 is 2.17 bits per heavy atom. The number of carbonyl (C=O) groups is 3. The molecular weight excluding hydrogens is 503 g/mol. The van der Waals surface area contributed by atoms with Gasteiger partial charge in [-0.3, -0.25) is 4.79 Å². The van der Waals surface area contributed by atoms with E-state index in [2.05, 4.69) is 44.0 Å². The van der Waals surface area contributed by atoms with Gasteiger partial charge in [-0.2, -0.15) is 0 Å². The van der Waals surface area contributed by atoms with Crippen LogP contribution in [0.1, 0.15) is 32.6 Å². The molecular formula is C23H45NO8Si3. The molecule has 0 aromatic rings. The molecule has 0 heterocycles. The number of imide groups is 1. The summed E-state index contributed by atoms with van der Waals surface area (Å²) in [6, 6.07) is 1.05. The molecule has 202 valence electrons. The van der Waals surface area contributed by atoms with Gasteiger partial charge in [-0.25, -0.2) is 14.5 Å². The van der Waals surface area contributed by atoms with E-state index in [1.54, 1.807) is 6.92 Å². The lowest BCUT2D eigenvalue weighted by molar-refractivity contribution is -0.135. The zero-order valence-electron chi connectivity index (χ0n) is 22.7. The number of hydrogen-bond donors (Lipinski definition) is 1. The molecule has 1 saturated carbocycles. The average Bonchev–Trinajstić information content (AvgIpc) is 2.72. The Bertz CT molecular complexity index is 719. The third-order valence-electron chi connectivity index (χ3n) is 5.51. The fraction of sp³-hybridized carbons (Fsp3) is 0.783. The quantitative estimate of drug-likeness (QED) is 0.172. The van der Waals surface area contributed by atoms with Gasteiger partial charge in [0.1, 0.15) is 12.0 Å². The number of aliphatic hydroxyl groups excluding tert-OH is 1. The van der Waals surface area contributed by atoms with Gasteiger partial charge >= 0.3 is 12.1 Å². The van der Waals surface area contributed by atoms with Crippen LogP contribution in [0, 0.1) is 5.92 Å². The van der Waals surface area contributed by atoms with Gasteiger partial charge in [0.05, 0.1) is 22.7 Å². The molecule has 0 spiro atoms. The maximum absolute atomic E-state index is 12.6. The van der Waals surface area contributed by atoms with Gasteiger partial charge in [0, 0.05) is 18.7 Å². The smallest absolute Gasteiger partial charge is 0.417 e. The molecule has 35 heavy (non-hydrogen) atoms. The molecule has 1 aliphatic rings. The number of amides is 2. The van der Waals surface area contributed by atoms with Crippen molar-refractivity contribution < 1.29 is 37.8 Å². The molecule has 3 unspecified atom stereocenters. The third kappa shape index (κ3) is 13.0. The van der Waals surface area contributed by atoms with E-state index in [1.165, 1.54) is 7.11 Å². The summed E-state index contributed by atoms with van der Waals surface area (Å²) in [6.45, 7) is 14.8. The molecule has 12 heteroatoms. The zero-order chi connectivity index (χ0) is 26.8. The minimum Gasteiger partial charge on any atom is -0.466 e. The molecule has 1 rings (SSSR count). The van der Waals surface area contributed by atoms with Crippen molar-refractivity contribution in [2.24, 2.45) is 5.92 Å². The molecule has 3 atom stereocenters. The van der Waals surface area contributed by atoms with Crippen molar-refractivity contribution in [1.82, 2.24) is 4.90 Å². The summed E-state index contributed by atoms with van der Waals surface area (Å²) in [4.78, 5) is 37.0. The van der Waals surface area contributed by atoms with Gasteiger partial charge in [0.2, 0.25) is 0 Å². The monoisotopic (exact) mass is 547 g/mol. The average molecular weight is 548 g/mol. The van der Waals surface area contributed by atoms with Crippen LogP contribution in [0.15, 0.2) is 12.2 Å². The lowest BCUT2D eigenvalue weighted by Crippen LogP contribution is -2.44. The summed E-state index contributed by atoms with van der Waals surface area (Å²) in [5.41, 5.74) is 0. The lowest BCUT2D eigenvalue weighted by Gasteiger charge is -2.34. The van der Waals surface area contributed by atoms with Crippen molar-refractivity contribution in [3.63, 3.8) is 0 Å². The summed E-state index contributed by atoms with van der Waals surface area (Å²) in [7, 11) is -2.83. The number of nitrogens with zero attached hydrogens (tertiary/aromatic N) is 1. The topological polar surface area (TPSA) is 112 Å². The van der Waals surface area contributed by atoms with Gasteiger partial charge in [-0.05, 0) is 71.4 Å². The predicted octanol–water partition coefficient (Wildman–Crippen LogP) is 3.19. The molecule has 0 saturated heterocycles. The Labute approximate surface area is 214 Å². The minimum atomic E-state index is -1.71. The maximum atomic E-state index is 12.6. The Morgan fingerprint density at radius 2 is 1.66 bits per heavy atom. The highest BCUT2D eigenvalue weighted by molar-refractivity contribution is 6.71. The molecule has 1 fully saturated rings. The number of methoxy groups -OCH3 is 1. The van der Waals surface area contributed by atoms with Crippen LogP contribution >= 0.6 is 0 Å². The normalized spacial score (nSPS) is 21.6. The zero-order valence-corrected chi connectivity index (χ0v) is 26.1. The number of carbonyl (C=O) groups excluding carboxylic acids is 3. The number of rotatable bonds is 12. The van der Waals surface area contributed by atoms with Crippen LogP contribution in [-0.4, -0.2) is 85.9 Å². The van der Waals surface area contributed by atoms with Gasteiger partial charge < -0.3 is 23.4 Å². The Hall–Kier alpha value is -1.32. The largest absolute Gasteiger partial charge is 0.466 e. The Kier molecular flexibility index (Phi) is 13.1. The summed E-state index contributed by atoms with van der Waals surface area (Å²) in [6.07, 6.45) is 2.64. The predicted molar refractivity (Wildman–Crippen MR) is 143 cm³/mol. The van der Waals surface area contributed by atoms with Crippen molar-refractivity contribution in [2.45, 2.75) is 96.1 Å². The second-order valence-corrected chi connectivity index (χ2v) is 21.8. The first-order chi connectivity index (χ1) is 16.1. The van der Waals surface area contributed by atoms with Gasteiger partial charge in [0.15, 0.2) is 16.6 Å². The fourth-order valence-corrected chi connectivity index (χ4v) is 10.8. The molecule has 1 aliphatic carbocycles. The first-order valence-corrected chi connectivity index (χ1v) is 21.1. The van der Waals surface area contributed by atoms with Crippen molar-refractivity contribution in [3.8, 4) is 0 Å². The second-order valence-electron chi connectivity index (χ2n) is 10.9. The summed E-state index contributed by atoms with van der Waals surface area (Å²) in [5.74, 6) is -1.09. The molecule has 0 aliphatic heterocycles. The van der Waals surface area contributed by atoms with Crippen molar-refractivity contribution in [3.05, 3.63) is 12.2 Å². The van der Waals surface area contributed by atoms with Gasteiger partial charge in [-0.15, -0.1) is 0 Å². The maximum Gasteiger partial charge on any atom is 0.417 e. The molecule has 0 aromatic heterocycles. The van der Waals surface area contributed by atoms with E-state index in [0.717, 1.165) is 35.9 Å². The Morgan fingerprint density at radius 1 is 1.06 bits per heavy atom. The van der Waals surface area contributed by atoms with E-state index < -0.39 is 56.3 Å². The van der Waals surface area contributed by atoms with Crippen molar-refractivity contribution in [2.75, 3.05) is 13.7 Å². The van der Waals surface area contributed by atoms with E-state index in [0.29, 0.717) is 18.8 Å². The summed E-state index contributed by atoms with van der Waals surface area (Å²) < 4.78 is 22.7. The third-order valence-corrected chi connectivity index (χ3v) is 9.73. The van der Waals surface area contributed by atoms with Crippen LogP contribution in [0.4, 0.5) is 4.79 Å². The SMILES string of the molecule is CCN(C(=O)C=CC(=O)OC)C(=O)OC1CC(CC[SiH2]C(O[Si](C)(C)C)O[Si](C)(C)C)CCC1O. The number of ether oxygens (including phenoxy) is 2. The first-order valence-electron chi connectivity index (χ1n) is 12.5. The lowest BCUT2D eigenvalue weighted by atomic mass is 9.84. The van der Waals surface area contributed by atoms with Crippen molar-refractivity contribution >= 4 is 44.1 Å². The number of aliphatic hydroxyl groups is 1. The molecule has 0 aromatic carbocycles. The fourth-order valence-electron chi connectivity index (χ4n) is 3.95. The van der Waals surface area contributed by atoms with Crippen LogP contribution in [0.2, 0.25) is 45.3 Å². The van der Waals surface area contributed by atoms with E-state index in [1.807, 2.05) is 0 Å². The summed E-state index contributed by atoms with van der Waals surface area (Å²) >= 11 is 0. The van der Waals surface area contributed by atoms with E-state index in [-0.39, 0.29) is 12.5 Å². The Balaban J connectivity index is 2.66. The number of esters is 1. The van der Waals surface area contributed by atoms with Crippen LogP contribution in [0.3, 0.4) is 0 Å². The van der Waals surface area contributed by atoms with Crippen LogP contribution in [-0.2, 0) is 27.9 Å². The van der Waals surface area contributed by atoms with E-state index in [9.17, 15) is 19.5 Å². The molecule has 9 nitrogen and oxygen atoms in total.